The lowest BCUT2D eigenvalue weighted by Crippen LogP contribution is -2.54. The third-order valence-electron chi connectivity index (χ3n) is 7.43. The van der Waals surface area contributed by atoms with Crippen LogP contribution in [0.1, 0.15) is 63.1 Å². The molecule has 2 rings (SSSR count). The van der Waals surface area contributed by atoms with Crippen LogP contribution in [0.5, 0.6) is 0 Å². The molecule has 4 atom stereocenters. The van der Waals surface area contributed by atoms with Crippen LogP contribution < -0.4 is 16.0 Å². The molecule has 0 bridgehead atoms. The molecule has 12 nitrogen and oxygen atoms in total. The van der Waals surface area contributed by atoms with Crippen molar-refractivity contribution in [1.82, 2.24) is 30.7 Å². The number of morpholine rings is 1. The Bertz CT molecular complexity index is 1120. The lowest BCUT2D eigenvalue weighted by atomic mass is 10.0. The number of hydrogen-bond donors (Lipinski definition) is 3. The summed E-state index contributed by atoms with van der Waals surface area (Å²) in [5.41, 5.74) is 2.55. The molecule has 260 valence electrons. The number of amides is 4. The highest BCUT2D eigenvalue weighted by Crippen LogP contribution is 2.20. The lowest BCUT2D eigenvalue weighted by Gasteiger charge is -2.29. The molecule has 2 heterocycles. The van der Waals surface area contributed by atoms with E-state index in [1.807, 2.05) is 12.3 Å². The average Bonchev–Trinajstić information content (AvgIpc) is 3.50. The van der Waals surface area contributed by atoms with Crippen molar-refractivity contribution in [3.8, 4) is 0 Å². The van der Waals surface area contributed by atoms with Gasteiger partial charge in [-0.2, -0.15) is 0 Å². The SMILES string of the molecule is C=[P+](C)CC(CCC(CC)NC(=O)OCCSC=NC)NC(=O)C(CCN1CCOCC1)NC(=O)N(C)Cc1csc(C(C)C)n1. The molecule has 1 aromatic rings. The van der Waals surface area contributed by atoms with Gasteiger partial charge in [-0.1, -0.05) is 20.8 Å². The highest BCUT2D eigenvalue weighted by atomic mass is 32.2. The largest absolute Gasteiger partial charge is 0.449 e. The number of thioether (sulfide) groups is 1. The van der Waals surface area contributed by atoms with Crippen LogP contribution in [-0.4, -0.2) is 135 Å². The summed E-state index contributed by atoms with van der Waals surface area (Å²) in [6.45, 7) is 12.5. The summed E-state index contributed by atoms with van der Waals surface area (Å²) in [7, 11) is 2.88. The van der Waals surface area contributed by atoms with Crippen molar-refractivity contribution < 1.29 is 23.9 Å². The third-order valence-corrected chi connectivity index (χ3v) is 10.5. The fraction of sp³-hybridized carbons (Fsp3) is 0.742. The van der Waals surface area contributed by atoms with E-state index in [0.717, 1.165) is 36.4 Å². The number of urea groups is 1. The van der Waals surface area contributed by atoms with Crippen molar-refractivity contribution in [2.45, 2.75) is 77.0 Å². The molecule has 1 fully saturated rings. The number of ether oxygens (including phenoxy) is 2. The maximum atomic E-state index is 13.8. The third kappa shape index (κ3) is 16.0. The van der Waals surface area contributed by atoms with Gasteiger partial charge in [-0.15, -0.1) is 23.1 Å². The van der Waals surface area contributed by atoms with E-state index < -0.39 is 19.7 Å². The van der Waals surface area contributed by atoms with Crippen LogP contribution in [0.25, 0.3) is 0 Å². The van der Waals surface area contributed by atoms with E-state index in [1.54, 1.807) is 35.9 Å². The standard InChI is InChI=1S/C31H54N7O5PS2/c1-8-24(35-31(41)43-17-18-45-22-32-4)9-10-25(20-44(6)7)33-28(39)27(11-12-38-13-15-42-16-14-38)36-30(40)37(5)19-26-21-46-29(34-26)23(2)3/h21-25,27H,6,8-20H2,1-5,7H3,(H2-,33,35,36,39,40,41)/p+1. The number of carbonyl (C=O) groups excluding carboxylic acids is 3. The Morgan fingerprint density at radius 2 is 1.93 bits per heavy atom. The van der Waals surface area contributed by atoms with Gasteiger partial charge in [0.2, 0.25) is 5.91 Å². The Morgan fingerprint density at radius 1 is 1.22 bits per heavy atom. The van der Waals surface area contributed by atoms with Crippen molar-refractivity contribution in [3.05, 3.63) is 16.1 Å². The number of aliphatic imine (C=N–C) groups is 1. The van der Waals surface area contributed by atoms with E-state index in [2.05, 4.69) is 57.6 Å². The summed E-state index contributed by atoms with van der Waals surface area (Å²) in [6.07, 6.45) is 7.07. The molecular formula is C31H55N7O5PS2+. The Kier molecular flexibility index (Phi) is 19.4. The van der Waals surface area contributed by atoms with E-state index in [1.165, 1.54) is 11.8 Å². The van der Waals surface area contributed by atoms with Crippen LogP contribution in [0.2, 0.25) is 0 Å². The Hall–Kier alpha value is -2.25. The summed E-state index contributed by atoms with van der Waals surface area (Å²) < 4.78 is 10.8. The molecule has 0 saturated carbocycles. The maximum absolute atomic E-state index is 13.8. The molecule has 1 aliphatic rings. The van der Waals surface area contributed by atoms with Crippen LogP contribution in [0.3, 0.4) is 0 Å². The summed E-state index contributed by atoms with van der Waals surface area (Å²) in [6, 6.07) is -1.25. The zero-order chi connectivity index (χ0) is 33.9. The maximum Gasteiger partial charge on any atom is 0.407 e. The van der Waals surface area contributed by atoms with Gasteiger partial charge in [0.15, 0.2) is 0 Å². The molecular weight excluding hydrogens is 645 g/mol. The number of nitrogens with zero attached hydrogens (tertiary/aromatic N) is 4. The van der Waals surface area contributed by atoms with Crippen molar-refractivity contribution in [2.75, 3.05) is 72.1 Å². The first kappa shape index (κ1) is 39.9. The summed E-state index contributed by atoms with van der Waals surface area (Å²) >= 11 is 3.08. The van der Waals surface area contributed by atoms with Crippen molar-refractivity contribution in [1.29, 1.82) is 0 Å². The molecule has 0 radical (unpaired) electrons. The van der Waals surface area contributed by atoms with Gasteiger partial charge in [-0.25, -0.2) is 14.6 Å². The van der Waals surface area contributed by atoms with Gasteiger partial charge in [0.25, 0.3) is 0 Å². The van der Waals surface area contributed by atoms with Gasteiger partial charge in [0.1, 0.15) is 18.8 Å². The molecule has 1 aliphatic heterocycles. The number of aromatic nitrogens is 1. The molecule has 0 aromatic carbocycles. The van der Waals surface area contributed by atoms with Crippen LogP contribution in [0.4, 0.5) is 9.59 Å². The Morgan fingerprint density at radius 3 is 2.57 bits per heavy atom. The summed E-state index contributed by atoms with van der Waals surface area (Å²) in [5, 5.41) is 12.2. The van der Waals surface area contributed by atoms with Crippen molar-refractivity contribution >= 4 is 60.5 Å². The topological polar surface area (TPSA) is 137 Å². The predicted octanol–water partition coefficient (Wildman–Crippen LogP) is 4.20. The second-order valence-electron chi connectivity index (χ2n) is 11.9. The molecule has 0 aliphatic carbocycles. The number of carbonyl (C=O) groups is 3. The minimum atomic E-state index is -0.708. The Labute approximate surface area is 284 Å². The fourth-order valence-corrected chi connectivity index (χ4v) is 7.11. The van der Waals surface area contributed by atoms with Gasteiger partial charge in [0, 0.05) is 56.8 Å². The van der Waals surface area contributed by atoms with Gasteiger partial charge in [0.05, 0.1) is 62.6 Å². The van der Waals surface area contributed by atoms with Gasteiger partial charge in [-0.05, 0) is 25.7 Å². The van der Waals surface area contributed by atoms with E-state index in [9.17, 15) is 14.4 Å². The van der Waals surface area contributed by atoms with Crippen molar-refractivity contribution in [2.24, 2.45) is 4.99 Å². The summed E-state index contributed by atoms with van der Waals surface area (Å²) in [4.78, 5) is 51.8. The highest BCUT2D eigenvalue weighted by Gasteiger charge is 2.28. The second-order valence-corrected chi connectivity index (χ2v) is 15.8. The minimum Gasteiger partial charge on any atom is -0.449 e. The molecule has 1 aromatic heterocycles. The predicted molar refractivity (Wildman–Crippen MR) is 193 cm³/mol. The van der Waals surface area contributed by atoms with Gasteiger partial charge >= 0.3 is 12.1 Å². The summed E-state index contributed by atoms with van der Waals surface area (Å²) in [5.74, 6) is 0.762. The van der Waals surface area contributed by atoms with E-state index in [0.29, 0.717) is 63.8 Å². The Balaban J connectivity index is 2.02. The normalized spacial score (nSPS) is 16.1. The molecule has 3 N–H and O–H groups in total. The van der Waals surface area contributed by atoms with Gasteiger partial charge in [-0.3, -0.25) is 14.7 Å². The molecule has 46 heavy (non-hydrogen) atoms. The molecule has 1 saturated heterocycles. The van der Waals surface area contributed by atoms with Crippen LogP contribution in [0, 0.1) is 0 Å². The molecule has 4 unspecified atom stereocenters. The molecule has 4 amide bonds. The van der Waals surface area contributed by atoms with Crippen LogP contribution >= 0.6 is 30.6 Å². The van der Waals surface area contributed by atoms with Crippen LogP contribution in [0.15, 0.2) is 10.4 Å². The number of rotatable bonds is 20. The average molecular weight is 701 g/mol. The van der Waals surface area contributed by atoms with E-state index >= 15 is 0 Å². The zero-order valence-corrected chi connectivity index (χ0v) is 31.0. The number of nitrogens with one attached hydrogen (secondary N) is 3. The zero-order valence-electron chi connectivity index (χ0n) is 28.5. The monoisotopic (exact) mass is 700 g/mol. The molecule has 0 spiro atoms. The number of thiazole rings is 1. The van der Waals surface area contributed by atoms with E-state index in [4.69, 9.17) is 9.47 Å². The second kappa shape index (κ2) is 22.3. The smallest absolute Gasteiger partial charge is 0.407 e. The number of hydrogen-bond acceptors (Lipinski definition) is 10. The number of alkyl carbamates (subject to hydrolysis) is 1. The van der Waals surface area contributed by atoms with Gasteiger partial charge < -0.3 is 30.3 Å². The first-order valence-corrected chi connectivity index (χ1v) is 20.1. The molecule has 15 heteroatoms. The first-order chi connectivity index (χ1) is 22.0. The van der Waals surface area contributed by atoms with Crippen LogP contribution in [-0.2, 0) is 20.8 Å². The van der Waals surface area contributed by atoms with Crippen molar-refractivity contribution in [3.63, 3.8) is 0 Å². The first-order valence-electron chi connectivity index (χ1n) is 16.1. The minimum absolute atomic E-state index is 0.0861. The fourth-order valence-electron chi connectivity index (χ4n) is 4.83. The van der Waals surface area contributed by atoms with E-state index in [-0.39, 0.29) is 24.0 Å². The highest BCUT2D eigenvalue weighted by molar-refractivity contribution is 8.12. The lowest BCUT2D eigenvalue weighted by molar-refractivity contribution is -0.123. The quantitative estimate of drug-likeness (QED) is 0.0797.